The van der Waals surface area contributed by atoms with Gasteiger partial charge in [0.05, 0.1) is 11.8 Å². The second-order valence-corrected chi connectivity index (χ2v) is 4.76. The minimum Gasteiger partial charge on any atom is -0.351 e. The summed E-state index contributed by atoms with van der Waals surface area (Å²) >= 11 is 0. The number of amides is 1. The molecule has 1 aromatic heterocycles. The van der Waals surface area contributed by atoms with E-state index in [-0.39, 0.29) is 11.5 Å². The van der Waals surface area contributed by atoms with Crippen LogP contribution in [0.15, 0.2) is 18.5 Å². The van der Waals surface area contributed by atoms with Gasteiger partial charge in [0.15, 0.2) is 5.82 Å². The monoisotopic (exact) mass is 266 g/mol. The molecule has 2 rings (SSSR count). The number of likely N-dealkylation sites (N-methyl/N-ethyl adjacent to an activating group) is 1. The van der Waals surface area contributed by atoms with Crippen LogP contribution in [0, 0.1) is 5.82 Å². The second kappa shape index (κ2) is 6.58. The molecule has 1 aromatic rings. The first kappa shape index (κ1) is 13.9. The number of nitrogens with one attached hydrogen (secondary N) is 1. The summed E-state index contributed by atoms with van der Waals surface area (Å²) in [7, 11) is 2.10. The van der Waals surface area contributed by atoms with Crippen molar-refractivity contribution in [2.45, 2.75) is 0 Å². The molecule has 2 heterocycles. The standard InChI is InChI=1S/C13H19FN4O/c1-17-6-8-18(9-7-17)5-4-16-13(19)11-2-3-15-10-12(11)14/h2-3,10H,4-9H2,1H3,(H,16,19). The molecule has 0 aromatic carbocycles. The molecule has 0 unspecified atom stereocenters. The zero-order valence-corrected chi connectivity index (χ0v) is 11.1. The van der Waals surface area contributed by atoms with Crippen molar-refractivity contribution in [1.82, 2.24) is 20.1 Å². The van der Waals surface area contributed by atoms with Crippen LogP contribution in [0.1, 0.15) is 10.4 Å². The van der Waals surface area contributed by atoms with Crippen LogP contribution < -0.4 is 5.32 Å². The highest BCUT2D eigenvalue weighted by atomic mass is 19.1. The Balaban J connectivity index is 1.74. The average Bonchev–Trinajstić information content (AvgIpc) is 2.41. The van der Waals surface area contributed by atoms with Crippen molar-refractivity contribution in [3.05, 3.63) is 29.8 Å². The lowest BCUT2D eigenvalue weighted by Gasteiger charge is -2.32. The van der Waals surface area contributed by atoms with Crippen molar-refractivity contribution < 1.29 is 9.18 Å². The van der Waals surface area contributed by atoms with Crippen LogP contribution in [0.2, 0.25) is 0 Å². The van der Waals surface area contributed by atoms with Gasteiger partial charge in [0.25, 0.3) is 5.91 Å². The van der Waals surface area contributed by atoms with Crippen molar-refractivity contribution in [3.8, 4) is 0 Å². The number of halogens is 1. The van der Waals surface area contributed by atoms with Crippen molar-refractivity contribution >= 4 is 5.91 Å². The molecule has 0 atom stereocenters. The van der Waals surface area contributed by atoms with E-state index in [4.69, 9.17) is 0 Å². The first-order valence-electron chi connectivity index (χ1n) is 6.45. The molecule has 5 nitrogen and oxygen atoms in total. The number of hydrogen-bond donors (Lipinski definition) is 1. The van der Waals surface area contributed by atoms with Gasteiger partial charge >= 0.3 is 0 Å². The Morgan fingerprint density at radius 1 is 1.42 bits per heavy atom. The number of carbonyl (C=O) groups is 1. The molecule has 1 aliphatic heterocycles. The van der Waals surface area contributed by atoms with Crippen LogP contribution in [0.5, 0.6) is 0 Å². The highest BCUT2D eigenvalue weighted by molar-refractivity contribution is 5.94. The molecule has 104 valence electrons. The molecular formula is C13H19FN4O. The summed E-state index contributed by atoms with van der Waals surface area (Å²) in [6.07, 6.45) is 2.47. The summed E-state index contributed by atoms with van der Waals surface area (Å²) < 4.78 is 13.3. The highest BCUT2D eigenvalue weighted by Gasteiger charge is 2.14. The predicted molar refractivity (Wildman–Crippen MR) is 70.5 cm³/mol. The average molecular weight is 266 g/mol. The van der Waals surface area contributed by atoms with Crippen LogP contribution >= 0.6 is 0 Å². The summed E-state index contributed by atoms with van der Waals surface area (Å²) in [6, 6.07) is 1.39. The van der Waals surface area contributed by atoms with Crippen LogP contribution in [0.3, 0.4) is 0 Å². The first-order valence-corrected chi connectivity index (χ1v) is 6.45. The largest absolute Gasteiger partial charge is 0.351 e. The van der Waals surface area contributed by atoms with E-state index in [2.05, 4.69) is 27.1 Å². The van der Waals surface area contributed by atoms with Crippen molar-refractivity contribution in [1.29, 1.82) is 0 Å². The molecule has 1 aliphatic rings. The zero-order chi connectivity index (χ0) is 13.7. The number of pyridine rings is 1. The predicted octanol–water partition coefficient (Wildman–Crippen LogP) is 0.198. The van der Waals surface area contributed by atoms with E-state index < -0.39 is 5.82 Å². The van der Waals surface area contributed by atoms with E-state index in [1.807, 2.05) is 0 Å². The Morgan fingerprint density at radius 2 is 2.16 bits per heavy atom. The Bertz CT molecular complexity index is 432. The smallest absolute Gasteiger partial charge is 0.254 e. The summed E-state index contributed by atoms with van der Waals surface area (Å²) in [6.45, 7) is 5.45. The normalized spacial score (nSPS) is 17.4. The number of piperazine rings is 1. The van der Waals surface area contributed by atoms with E-state index in [0.717, 1.165) is 38.9 Å². The molecule has 1 saturated heterocycles. The fourth-order valence-electron chi connectivity index (χ4n) is 2.05. The van der Waals surface area contributed by atoms with Crippen LogP contribution in [0.25, 0.3) is 0 Å². The quantitative estimate of drug-likeness (QED) is 0.845. The van der Waals surface area contributed by atoms with E-state index in [1.54, 1.807) is 0 Å². The molecule has 0 aliphatic carbocycles. The third-order valence-electron chi connectivity index (χ3n) is 3.33. The zero-order valence-electron chi connectivity index (χ0n) is 11.1. The minimum absolute atomic E-state index is 0.0494. The number of aromatic nitrogens is 1. The molecule has 1 fully saturated rings. The van der Waals surface area contributed by atoms with Gasteiger partial charge in [0.2, 0.25) is 0 Å². The topological polar surface area (TPSA) is 48.5 Å². The van der Waals surface area contributed by atoms with Gasteiger partial charge in [0.1, 0.15) is 0 Å². The molecule has 1 amide bonds. The lowest BCUT2D eigenvalue weighted by Crippen LogP contribution is -2.46. The number of rotatable bonds is 4. The van der Waals surface area contributed by atoms with Gasteiger partial charge in [-0.25, -0.2) is 4.39 Å². The fraction of sp³-hybridized carbons (Fsp3) is 0.538. The highest BCUT2D eigenvalue weighted by Crippen LogP contribution is 2.03. The SMILES string of the molecule is CN1CCN(CCNC(=O)c2ccncc2F)CC1. The summed E-state index contributed by atoms with van der Waals surface area (Å²) in [5.74, 6) is -0.964. The molecule has 6 heteroatoms. The van der Waals surface area contributed by atoms with Gasteiger partial charge in [-0.2, -0.15) is 0 Å². The summed E-state index contributed by atoms with van der Waals surface area (Å²) in [5, 5.41) is 2.74. The summed E-state index contributed by atoms with van der Waals surface area (Å²) in [4.78, 5) is 19.9. The third kappa shape index (κ3) is 3.97. The maximum atomic E-state index is 13.3. The van der Waals surface area contributed by atoms with Crippen molar-refractivity contribution in [2.75, 3.05) is 46.3 Å². The molecule has 0 bridgehead atoms. The van der Waals surface area contributed by atoms with Gasteiger partial charge in [-0.05, 0) is 13.1 Å². The molecule has 0 radical (unpaired) electrons. The van der Waals surface area contributed by atoms with Gasteiger partial charge < -0.3 is 10.2 Å². The van der Waals surface area contributed by atoms with Crippen LogP contribution in [0.4, 0.5) is 4.39 Å². The lowest BCUT2D eigenvalue weighted by atomic mass is 10.2. The Morgan fingerprint density at radius 3 is 2.84 bits per heavy atom. The van der Waals surface area contributed by atoms with Gasteiger partial charge in [-0.3, -0.25) is 14.7 Å². The molecule has 0 saturated carbocycles. The van der Waals surface area contributed by atoms with Crippen LogP contribution in [-0.2, 0) is 0 Å². The molecule has 0 spiro atoms. The van der Waals surface area contributed by atoms with Gasteiger partial charge in [-0.15, -0.1) is 0 Å². The third-order valence-corrected chi connectivity index (χ3v) is 3.33. The van der Waals surface area contributed by atoms with Crippen molar-refractivity contribution in [3.63, 3.8) is 0 Å². The number of carbonyl (C=O) groups excluding carboxylic acids is 1. The maximum Gasteiger partial charge on any atom is 0.254 e. The van der Waals surface area contributed by atoms with Gasteiger partial charge in [0, 0.05) is 45.5 Å². The van der Waals surface area contributed by atoms with E-state index in [1.165, 1.54) is 12.3 Å². The molecule has 19 heavy (non-hydrogen) atoms. The van der Waals surface area contributed by atoms with Gasteiger partial charge in [-0.1, -0.05) is 0 Å². The molecular weight excluding hydrogens is 247 g/mol. The maximum absolute atomic E-state index is 13.3. The van der Waals surface area contributed by atoms with Crippen LogP contribution in [-0.4, -0.2) is 67.0 Å². The second-order valence-electron chi connectivity index (χ2n) is 4.76. The van der Waals surface area contributed by atoms with E-state index >= 15 is 0 Å². The lowest BCUT2D eigenvalue weighted by molar-refractivity contribution is 0.0937. The number of nitrogens with zero attached hydrogens (tertiary/aromatic N) is 3. The molecule has 1 N–H and O–H groups in total. The number of hydrogen-bond acceptors (Lipinski definition) is 4. The minimum atomic E-state index is -0.584. The van der Waals surface area contributed by atoms with E-state index in [0.29, 0.717) is 6.54 Å². The summed E-state index contributed by atoms with van der Waals surface area (Å²) in [5.41, 5.74) is 0.0494. The fourth-order valence-corrected chi connectivity index (χ4v) is 2.05. The Labute approximate surface area is 112 Å². The van der Waals surface area contributed by atoms with E-state index in [9.17, 15) is 9.18 Å². The Kier molecular flexibility index (Phi) is 4.81. The van der Waals surface area contributed by atoms with Crippen molar-refractivity contribution in [2.24, 2.45) is 0 Å². The Hall–Kier alpha value is -1.53. The first-order chi connectivity index (χ1) is 9.16.